The van der Waals surface area contributed by atoms with E-state index in [-0.39, 0.29) is 17.2 Å². The van der Waals surface area contributed by atoms with Crippen molar-refractivity contribution in [1.29, 1.82) is 0 Å². The number of aromatic nitrogens is 1. The van der Waals surface area contributed by atoms with Gasteiger partial charge in [0.1, 0.15) is 11.8 Å². The van der Waals surface area contributed by atoms with Gasteiger partial charge in [-0.3, -0.25) is 9.36 Å². The summed E-state index contributed by atoms with van der Waals surface area (Å²) >= 11 is 17.2. The van der Waals surface area contributed by atoms with Crippen molar-refractivity contribution in [3.63, 3.8) is 0 Å². The van der Waals surface area contributed by atoms with Crippen LogP contribution in [0.15, 0.2) is 61.9 Å². The molecule has 35 heavy (non-hydrogen) atoms. The van der Waals surface area contributed by atoms with Gasteiger partial charge in [0, 0.05) is 10.0 Å². The van der Waals surface area contributed by atoms with Crippen LogP contribution in [-0.4, -0.2) is 23.8 Å². The van der Waals surface area contributed by atoms with E-state index < -0.39 is 12.0 Å². The molecule has 6 nitrogen and oxygen atoms in total. The average molecular weight is 596 g/mol. The number of ether oxygens (including phenoxy) is 2. The molecule has 1 atom stereocenters. The highest BCUT2D eigenvalue weighted by Crippen LogP contribution is 2.37. The maximum atomic E-state index is 13.8. The molecule has 182 valence electrons. The van der Waals surface area contributed by atoms with E-state index in [0.717, 1.165) is 4.47 Å². The predicted octanol–water partition coefficient (Wildman–Crippen LogP) is 5.26. The number of allylic oxidation sites excluding steroid dienone is 1. The number of rotatable bonds is 5. The molecular formula is C25H21BrCl2N2O4S. The van der Waals surface area contributed by atoms with Gasteiger partial charge in [-0.2, -0.15) is 0 Å². The molecule has 1 aliphatic heterocycles. The van der Waals surface area contributed by atoms with Gasteiger partial charge in [-0.05, 0) is 56.7 Å². The van der Waals surface area contributed by atoms with Crippen molar-refractivity contribution >= 4 is 62.5 Å². The smallest absolute Gasteiger partial charge is 0.338 e. The third-order valence-electron chi connectivity index (χ3n) is 5.34. The van der Waals surface area contributed by atoms with Crippen LogP contribution >= 0.6 is 50.5 Å². The monoisotopic (exact) mass is 594 g/mol. The fourth-order valence-electron chi connectivity index (χ4n) is 3.85. The second-order valence-electron chi connectivity index (χ2n) is 8.07. The Hall–Kier alpha value is -2.39. The molecule has 0 unspecified atom stereocenters. The van der Waals surface area contributed by atoms with E-state index >= 15 is 0 Å². The van der Waals surface area contributed by atoms with Crippen LogP contribution in [0.25, 0.3) is 6.08 Å². The maximum Gasteiger partial charge on any atom is 0.338 e. The van der Waals surface area contributed by atoms with Crippen molar-refractivity contribution < 1.29 is 14.3 Å². The second kappa shape index (κ2) is 10.3. The van der Waals surface area contributed by atoms with E-state index in [1.54, 1.807) is 58.2 Å². The van der Waals surface area contributed by atoms with Crippen LogP contribution in [-0.2, 0) is 9.53 Å². The topological polar surface area (TPSA) is 69.9 Å². The molecule has 0 aliphatic carbocycles. The van der Waals surface area contributed by atoms with Crippen molar-refractivity contribution in [2.45, 2.75) is 32.9 Å². The molecule has 2 aromatic carbocycles. The summed E-state index contributed by atoms with van der Waals surface area (Å²) in [7, 11) is 1.54. The molecule has 0 saturated carbocycles. The second-order valence-corrected chi connectivity index (χ2v) is 10.8. The first-order valence-electron chi connectivity index (χ1n) is 10.6. The lowest BCUT2D eigenvalue weighted by Crippen LogP contribution is -2.40. The summed E-state index contributed by atoms with van der Waals surface area (Å²) in [6, 6.07) is 9.85. The van der Waals surface area contributed by atoms with Gasteiger partial charge in [0.15, 0.2) is 4.80 Å². The molecule has 3 aromatic rings. The highest BCUT2D eigenvalue weighted by atomic mass is 79.9. The summed E-state index contributed by atoms with van der Waals surface area (Å²) in [6.07, 6.45) is 1.33. The lowest BCUT2D eigenvalue weighted by Gasteiger charge is -2.26. The lowest BCUT2D eigenvalue weighted by molar-refractivity contribution is -0.143. The number of hydrogen-bond acceptors (Lipinski definition) is 6. The first kappa shape index (κ1) is 25.7. The fraction of sp³-hybridized carbons (Fsp3) is 0.240. The Labute approximate surface area is 224 Å². The molecule has 0 spiro atoms. The van der Waals surface area contributed by atoms with E-state index in [0.29, 0.717) is 42.0 Å². The number of nitrogens with zero attached hydrogens (tertiary/aromatic N) is 2. The molecule has 0 saturated heterocycles. The van der Waals surface area contributed by atoms with Crippen LogP contribution in [0.1, 0.15) is 37.9 Å². The van der Waals surface area contributed by atoms with E-state index in [1.165, 1.54) is 15.9 Å². The Morgan fingerprint density at radius 3 is 2.69 bits per heavy atom. The minimum Gasteiger partial charge on any atom is -0.496 e. The van der Waals surface area contributed by atoms with Crippen LogP contribution < -0.4 is 19.6 Å². The molecule has 1 aliphatic rings. The summed E-state index contributed by atoms with van der Waals surface area (Å²) in [4.78, 5) is 32.1. The molecule has 10 heteroatoms. The Balaban J connectivity index is 2.02. The van der Waals surface area contributed by atoms with Crippen molar-refractivity contribution in [2.75, 3.05) is 7.11 Å². The standard InChI is InChI=1S/C25H21BrCl2N2O4S/c1-12(2)34-24(32)20-13(3)29-25-30(22(20)16-11-15(26)8-9-18(16)33-4)23(31)19(35-25)10-14-6-5-7-17(27)21(14)28/h5-12,22H,1-4H3/b19-10-/t22-/m0/s1. The van der Waals surface area contributed by atoms with E-state index in [1.807, 2.05) is 12.1 Å². The molecule has 4 rings (SSSR count). The Kier molecular flexibility index (Phi) is 7.57. The van der Waals surface area contributed by atoms with E-state index in [2.05, 4.69) is 20.9 Å². The number of benzene rings is 2. The Bertz CT molecular complexity index is 1540. The van der Waals surface area contributed by atoms with Gasteiger partial charge in [0.2, 0.25) is 0 Å². The number of carbonyl (C=O) groups excluding carboxylic acids is 1. The third kappa shape index (κ3) is 4.98. The summed E-state index contributed by atoms with van der Waals surface area (Å²) in [5.74, 6) is -0.0179. The van der Waals surface area contributed by atoms with Crippen molar-refractivity contribution in [1.82, 2.24) is 4.57 Å². The third-order valence-corrected chi connectivity index (χ3v) is 7.65. The maximum absolute atomic E-state index is 13.8. The average Bonchev–Trinajstić information content (AvgIpc) is 3.10. The molecule has 0 fully saturated rings. The largest absolute Gasteiger partial charge is 0.496 e. The number of methoxy groups -OCH3 is 1. The van der Waals surface area contributed by atoms with Gasteiger partial charge >= 0.3 is 5.97 Å². The summed E-state index contributed by atoms with van der Waals surface area (Å²) in [6.45, 7) is 5.28. The fourth-order valence-corrected chi connectivity index (χ4v) is 5.63. The van der Waals surface area contributed by atoms with Crippen LogP contribution in [0.3, 0.4) is 0 Å². The van der Waals surface area contributed by atoms with Crippen molar-refractivity contribution in [2.24, 2.45) is 4.99 Å². The van der Waals surface area contributed by atoms with Gasteiger partial charge < -0.3 is 9.47 Å². The SMILES string of the molecule is COc1ccc(Br)cc1[C@H]1C(C(=O)OC(C)C)=C(C)N=c2s/c(=C\c3cccc(Cl)c3Cl)c(=O)n21. The van der Waals surface area contributed by atoms with Crippen LogP contribution in [0, 0.1) is 0 Å². The normalized spacial score (nSPS) is 15.8. The number of hydrogen-bond donors (Lipinski definition) is 0. The van der Waals surface area contributed by atoms with Gasteiger partial charge in [0.25, 0.3) is 5.56 Å². The predicted molar refractivity (Wildman–Crippen MR) is 142 cm³/mol. The highest BCUT2D eigenvalue weighted by Gasteiger charge is 2.35. The van der Waals surface area contributed by atoms with Crippen LogP contribution in [0.4, 0.5) is 0 Å². The number of thiazole rings is 1. The van der Waals surface area contributed by atoms with E-state index in [9.17, 15) is 9.59 Å². The first-order chi connectivity index (χ1) is 16.6. The quantitative estimate of drug-likeness (QED) is 0.377. The molecule has 0 N–H and O–H groups in total. The lowest BCUT2D eigenvalue weighted by atomic mass is 9.95. The number of esters is 1. The summed E-state index contributed by atoms with van der Waals surface area (Å²) in [5, 5.41) is 0.738. The van der Waals surface area contributed by atoms with Gasteiger partial charge in [-0.1, -0.05) is 62.6 Å². The van der Waals surface area contributed by atoms with Gasteiger partial charge in [-0.25, -0.2) is 9.79 Å². The molecule has 1 aromatic heterocycles. The molecule has 2 heterocycles. The zero-order valence-electron chi connectivity index (χ0n) is 19.3. The molecule has 0 bridgehead atoms. The van der Waals surface area contributed by atoms with Crippen LogP contribution in [0.5, 0.6) is 5.75 Å². The van der Waals surface area contributed by atoms with Crippen LogP contribution in [0.2, 0.25) is 10.0 Å². The highest BCUT2D eigenvalue weighted by molar-refractivity contribution is 9.10. The van der Waals surface area contributed by atoms with E-state index in [4.69, 9.17) is 32.7 Å². The summed E-state index contributed by atoms with van der Waals surface area (Å²) < 4.78 is 13.8. The molecular weight excluding hydrogens is 575 g/mol. The number of carbonyl (C=O) groups is 1. The zero-order chi connectivity index (χ0) is 25.4. The zero-order valence-corrected chi connectivity index (χ0v) is 23.2. The first-order valence-corrected chi connectivity index (χ1v) is 13.0. The number of halogens is 3. The van der Waals surface area contributed by atoms with Gasteiger partial charge in [0.05, 0.1) is 39.1 Å². The minimum atomic E-state index is -0.804. The van der Waals surface area contributed by atoms with Crippen molar-refractivity contribution in [3.8, 4) is 5.75 Å². The van der Waals surface area contributed by atoms with Gasteiger partial charge in [-0.15, -0.1) is 0 Å². The number of fused-ring (bicyclic) bond motifs is 1. The molecule has 0 radical (unpaired) electrons. The summed E-state index contributed by atoms with van der Waals surface area (Å²) in [5.41, 5.74) is 1.65. The Morgan fingerprint density at radius 2 is 2.00 bits per heavy atom. The molecule has 0 amide bonds. The van der Waals surface area contributed by atoms with Crippen molar-refractivity contribution in [3.05, 3.63) is 93.0 Å². The Morgan fingerprint density at radius 1 is 1.26 bits per heavy atom. The minimum absolute atomic E-state index is 0.273.